The molecule has 0 radical (unpaired) electrons. The van der Waals surface area contributed by atoms with Gasteiger partial charge in [-0.2, -0.15) is 0 Å². The lowest BCUT2D eigenvalue weighted by Crippen LogP contribution is -2.22. The fraction of sp³-hybridized carbons (Fsp3) is 0.538. The summed E-state index contributed by atoms with van der Waals surface area (Å²) in [4.78, 5) is 0. The molecule has 14 heavy (non-hydrogen) atoms. The van der Waals surface area contributed by atoms with Gasteiger partial charge < -0.3 is 5.11 Å². The average molecular weight is 190 g/mol. The average Bonchev–Trinajstić information content (AvgIpc) is 2.83. The first-order valence-corrected chi connectivity index (χ1v) is 5.27. The zero-order valence-corrected chi connectivity index (χ0v) is 9.12. The summed E-state index contributed by atoms with van der Waals surface area (Å²) in [6.45, 7) is 5.92. The predicted octanol–water partition coefficient (Wildman–Crippen LogP) is 2.87. The first-order valence-electron chi connectivity index (χ1n) is 5.27. The highest BCUT2D eigenvalue weighted by atomic mass is 16.3. The van der Waals surface area contributed by atoms with Gasteiger partial charge in [0.05, 0.1) is 5.60 Å². The van der Waals surface area contributed by atoms with E-state index in [0.29, 0.717) is 11.8 Å². The second kappa shape index (κ2) is 3.09. The van der Waals surface area contributed by atoms with Crippen LogP contribution in [-0.4, -0.2) is 10.7 Å². The molecule has 1 aliphatic rings. The minimum absolute atomic E-state index is 0.449. The Bertz CT molecular complexity index is 318. The summed E-state index contributed by atoms with van der Waals surface area (Å²) >= 11 is 0. The van der Waals surface area contributed by atoms with Crippen LogP contribution in [0.5, 0.6) is 0 Å². The maximum Gasteiger partial charge on any atom is 0.0625 e. The molecular weight excluding hydrogens is 172 g/mol. The van der Waals surface area contributed by atoms with E-state index >= 15 is 0 Å². The first-order chi connectivity index (χ1) is 6.48. The third kappa shape index (κ3) is 1.83. The van der Waals surface area contributed by atoms with E-state index in [1.54, 1.807) is 0 Å². The molecule has 1 aromatic rings. The molecule has 2 rings (SSSR count). The molecule has 76 valence electrons. The van der Waals surface area contributed by atoms with Crippen LogP contribution in [0.15, 0.2) is 24.3 Å². The van der Waals surface area contributed by atoms with Gasteiger partial charge in [-0.25, -0.2) is 0 Å². The van der Waals surface area contributed by atoms with Crippen molar-refractivity contribution in [3.8, 4) is 0 Å². The van der Waals surface area contributed by atoms with Gasteiger partial charge in [0.25, 0.3) is 0 Å². The van der Waals surface area contributed by atoms with E-state index in [1.807, 2.05) is 13.8 Å². The van der Waals surface area contributed by atoms with Crippen LogP contribution >= 0.6 is 0 Å². The normalized spacial score (nSPS) is 26.3. The standard InChI is InChI=1S/C13H18O/c1-9-4-6-10(7-5-9)11-8-12(11)13(2,3)14/h4-7,11-12,14H,8H2,1-3H3/t11-,12+/m0/s1. The Hall–Kier alpha value is -0.820. The van der Waals surface area contributed by atoms with Crippen molar-refractivity contribution in [3.63, 3.8) is 0 Å². The first kappa shape index (κ1) is 9.72. The lowest BCUT2D eigenvalue weighted by Gasteiger charge is -2.16. The molecule has 1 fully saturated rings. The Morgan fingerprint density at radius 1 is 1.21 bits per heavy atom. The van der Waals surface area contributed by atoms with Crippen molar-refractivity contribution < 1.29 is 5.11 Å². The number of hydrogen-bond acceptors (Lipinski definition) is 1. The molecule has 1 N–H and O–H groups in total. The minimum atomic E-state index is -0.518. The largest absolute Gasteiger partial charge is 0.390 e. The monoisotopic (exact) mass is 190 g/mol. The number of rotatable bonds is 2. The van der Waals surface area contributed by atoms with E-state index < -0.39 is 5.60 Å². The maximum absolute atomic E-state index is 9.84. The summed E-state index contributed by atoms with van der Waals surface area (Å²) in [6.07, 6.45) is 1.13. The SMILES string of the molecule is Cc1ccc([C@@H]2C[C@H]2C(C)(C)O)cc1. The summed E-state index contributed by atoms with van der Waals surface area (Å²) in [6, 6.07) is 8.67. The summed E-state index contributed by atoms with van der Waals surface area (Å²) in [5, 5.41) is 9.84. The van der Waals surface area contributed by atoms with Crippen LogP contribution < -0.4 is 0 Å². The molecule has 1 saturated carbocycles. The molecule has 0 aromatic heterocycles. The maximum atomic E-state index is 9.84. The highest BCUT2D eigenvalue weighted by Crippen LogP contribution is 2.53. The van der Waals surface area contributed by atoms with Gasteiger partial charge in [0, 0.05) is 0 Å². The summed E-state index contributed by atoms with van der Waals surface area (Å²) in [5.74, 6) is 1.03. The molecule has 1 aliphatic carbocycles. The predicted molar refractivity (Wildman–Crippen MR) is 58.3 cm³/mol. The molecular formula is C13H18O. The molecule has 0 amide bonds. The molecule has 2 atom stereocenters. The second-order valence-corrected chi connectivity index (χ2v) is 5.01. The Balaban J connectivity index is 2.10. The zero-order chi connectivity index (χ0) is 10.3. The lowest BCUT2D eigenvalue weighted by molar-refractivity contribution is 0.0546. The van der Waals surface area contributed by atoms with E-state index in [1.165, 1.54) is 11.1 Å². The Labute approximate surface area is 85.8 Å². The third-order valence-electron chi connectivity index (χ3n) is 3.20. The van der Waals surface area contributed by atoms with Crippen molar-refractivity contribution in [3.05, 3.63) is 35.4 Å². The van der Waals surface area contributed by atoms with Crippen LogP contribution in [0, 0.1) is 12.8 Å². The van der Waals surface area contributed by atoms with Crippen LogP contribution in [-0.2, 0) is 0 Å². The topological polar surface area (TPSA) is 20.2 Å². The van der Waals surface area contributed by atoms with Crippen molar-refractivity contribution in [1.29, 1.82) is 0 Å². The van der Waals surface area contributed by atoms with Gasteiger partial charge >= 0.3 is 0 Å². The highest BCUT2D eigenvalue weighted by Gasteiger charge is 2.47. The van der Waals surface area contributed by atoms with Gasteiger partial charge in [-0.05, 0) is 44.6 Å². The van der Waals surface area contributed by atoms with Crippen molar-refractivity contribution in [2.75, 3.05) is 0 Å². The fourth-order valence-corrected chi connectivity index (χ4v) is 2.16. The van der Waals surface area contributed by atoms with Gasteiger partial charge in [0.2, 0.25) is 0 Å². The smallest absolute Gasteiger partial charge is 0.0625 e. The lowest BCUT2D eigenvalue weighted by atomic mass is 9.98. The third-order valence-corrected chi connectivity index (χ3v) is 3.20. The molecule has 1 heteroatoms. The quantitative estimate of drug-likeness (QED) is 0.760. The summed E-state index contributed by atoms with van der Waals surface area (Å²) in [7, 11) is 0. The van der Waals surface area contributed by atoms with Crippen molar-refractivity contribution in [2.24, 2.45) is 5.92 Å². The molecule has 0 saturated heterocycles. The molecule has 0 heterocycles. The van der Waals surface area contributed by atoms with Gasteiger partial charge in [-0.1, -0.05) is 29.8 Å². The van der Waals surface area contributed by atoms with Gasteiger partial charge in [-0.3, -0.25) is 0 Å². The number of aryl methyl sites for hydroxylation is 1. The van der Waals surface area contributed by atoms with Gasteiger partial charge in [0.1, 0.15) is 0 Å². The van der Waals surface area contributed by atoms with E-state index in [4.69, 9.17) is 0 Å². The van der Waals surface area contributed by atoms with Crippen LogP contribution in [0.25, 0.3) is 0 Å². The Morgan fingerprint density at radius 3 is 2.21 bits per heavy atom. The van der Waals surface area contributed by atoms with Gasteiger partial charge in [-0.15, -0.1) is 0 Å². The molecule has 1 nitrogen and oxygen atoms in total. The van der Waals surface area contributed by atoms with Gasteiger partial charge in [0.15, 0.2) is 0 Å². The van der Waals surface area contributed by atoms with E-state index in [2.05, 4.69) is 31.2 Å². The highest BCUT2D eigenvalue weighted by molar-refractivity contribution is 5.30. The molecule has 1 aromatic carbocycles. The van der Waals surface area contributed by atoms with Crippen LogP contribution in [0.4, 0.5) is 0 Å². The zero-order valence-electron chi connectivity index (χ0n) is 9.12. The molecule has 0 aliphatic heterocycles. The number of aliphatic hydroxyl groups is 1. The van der Waals surface area contributed by atoms with Crippen molar-refractivity contribution in [2.45, 2.75) is 38.7 Å². The van der Waals surface area contributed by atoms with Crippen molar-refractivity contribution in [1.82, 2.24) is 0 Å². The van der Waals surface area contributed by atoms with Crippen LogP contribution in [0.3, 0.4) is 0 Å². The fourth-order valence-electron chi connectivity index (χ4n) is 2.16. The van der Waals surface area contributed by atoms with Crippen LogP contribution in [0.2, 0.25) is 0 Å². The molecule has 0 bridgehead atoms. The van der Waals surface area contributed by atoms with Crippen LogP contribution in [0.1, 0.15) is 37.3 Å². The minimum Gasteiger partial charge on any atom is -0.390 e. The van der Waals surface area contributed by atoms with E-state index in [-0.39, 0.29) is 0 Å². The summed E-state index contributed by atoms with van der Waals surface area (Å²) in [5.41, 5.74) is 2.16. The Kier molecular flexibility index (Phi) is 2.15. The second-order valence-electron chi connectivity index (χ2n) is 5.01. The van der Waals surface area contributed by atoms with Crippen molar-refractivity contribution >= 4 is 0 Å². The van der Waals surface area contributed by atoms with E-state index in [9.17, 15) is 5.11 Å². The molecule has 0 spiro atoms. The van der Waals surface area contributed by atoms with E-state index in [0.717, 1.165) is 6.42 Å². The molecule has 0 unspecified atom stereocenters. The number of benzene rings is 1. The summed E-state index contributed by atoms with van der Waals surface area (Å²) < 4.78 is 0. The Morgan fingerprint density at radius 2 is 1.79 bits per heavy atom. The number of hydrogen-bond donors (Lipinski definition) is 1.